The molecule has 0 aliphatic carbocycles. The summed E-state index contributed by atoms with van der Waals surface area (Å²) in [7, 11) is 2.21. The first-order valence-corrected chi connectivity index (χ1v) is 10.3. The smallest absolute Gasteiger partial charge is 0.253 e. The number of aromatic nitrogens is 2. The summed E-state index contributed by atoms with van der Waals surface area (Å²) in [6.45, 7) is 2.69. The van der Waals surface area contributed by atoms with Gasteiger partial charge in [0.05, 0.1) is 0 Å². The highest BCUT2D eigenvalue weighted by Gasteiger charge is 2.25. The Kier molecular flexibility index (Phi) is 6.06. The van der Waals surface area contributed by atoms with E-state index in [9.17, 15) is 4.79 Å². The second-order valence-corrected chi connectivity index (χ2v) is 7.75. The average molecular weight is 389 g/mol. The van der Waals surface area contributed by atoms with Crippen LogP contribution in [0.1, 0.15) is 28.8 Å². The van der Waals surface area contributed by atoms with E-state index in [4.69, 9.17) is 0 Å². The molecule has 0 atom stereocenters. The van der Waals surface area contributed by atoms with E-state index in [0.717, 1.165) is 55.8 Å². The van der Waals surface area contributed by atoms with Gasteiger partial charge in [-0.3, -0.25) is 4.79 Å². The molecule has 1 saturated heterocycles. The predicted octanol–water partition coefficient (Wildman–Crippen LogP) is 3.86. The van der Waals surface area contributed by atoms with Gasteiger partial charge in [0.25, 0.3) is 5.91 Å². The standard InChI is InChI=1S/C24H28N4O/c1-27(16-11-19-5-3-2-4-6-19)22-12-17-28(18-13-22)24(29)21-9-7-20(8-10-21)23-25-14-15-26-23/h2-10,14-15,22H,11-13,16-18H2,1H3,(H,25,26). The molecule has 1 fully saturated rings. The molecule has 0 saturated carbocycles. The second-order valence-electron chi connectivity index (χ2n) is 7.75. The van der Waals surface area contributed by atoms with Crippen molar-refractivity contribution in [3.8, 4) is 11.4 Å². The fourth-order valence-electron chi connectivity index (χ4n) is 4.02. The predicted molar refractivity (Wildman–Crippen MR) is 116 cm³/mol. The highest BCUT2D eigenvalue weighted by molar-refractivity contribution is 5.94. The second kappa shape index (κ2) is 9.05. The van der Waals surface area contributed by atoms with Crippen LogP contribution in [-0.4, -0.2) is 58.4 Å². The minimum Gasteiger partial charge on any atom is -0.345 e. The number of benzene rings is 2. The molecular weight excluding hydrogens is 360 g/mol. The lowest BCUT2D eigenvalue weighted by atomic mass is 10.0. The number of likely N-dealkylation sites (tertiary alicyclic amines) is 1. The van der Waals surface area contributed by atoms with Crippen molar-refractivity contribution >= 4 is 5.91 Å². The number of aromatic amines is 1. The van der Waals surface area contributed by atoms with Crippen molar-refractivity contribution in [3.05, 3.63) is 78.1 Å². The Labute approximate surface area is 172 Å². The van der Waals surface area contributed by atoms with Gasteiger partial charge in [0.2, 0.25) is 0 Å². The zero-order valence-corrected chi connectivity index (χ0v) is 16.9. The van der Waals surface area contributed by atoms with Gasteiger partial charge >= 0.3 is 0 Å². The van der Waals surface area contributed by atoms with Crippen LogP contribution in [0.4, 0.5) is 0 Å². The quantitative estimate of drug-likeness (QED) is 0.698. The van der Waals surface area contributed by atoms with Crippen molar-refractivity contribution in [2.75, 3.05) is 26.7 Å². The van der Waals surface area contributed by atoms with Crippen molar-refractivity contribution < 1.29 is 4.79 Å². The van der Waals surface area contributed by atoms with Crippen molar-refractivity contribution in [3.63, 3.8) is 0 Å². The van der Waals surface area contributed by atoms with E-state index in [1.165, 1.54) is 5.56 Å². The van der Waals surface area contributed by atoms with Gasteiger partial charge in [-0.2, -0.15) is 0 Å². The number of hydrogen-bond acceptors (Lipinski definition) is 3. The molecule has 1 N–H and O–H groups in total. The van der Waals surface area contributed by atoms with E-state index in [0.29, 0.717) is 6.04 Å². The van der Waals surface area contributed by atoms with Crippen LogP contribution < -0.4 is 0 Å². The first-order chi connectivity index (χ1) is 14.2. The van der Waals surface area contributed by atoms with Crippen molar-refractivity contribution in [2.24, 2.45) is 0 Å². The maximum Gasteiger partial charge on any atom is 0.253 e. The summed E-state index contributed by atoms with van der Waals surface area (Å²) >= 11 is 0. The Morgan fingerprint density at radius 1 is 1.10 bits per heavy atom. The molecular formula is C24H28N4O. The van der Waals surface area contributed by atoms with E-state index in [1.54, 1.807) is 12.4 Å². The summed E-state index contributed by atoms with van der Waals surface area (Å²) in [4.78, 5) is 24.7. The van der Waals surface area contributed by atoms with Gasteiger partial charge in [-0.15, -0.1) is 0 Å². The van der Waals surface area contributed by atoms with Gasteiger partial charge in [-0.25, -0.2) is 4.98 Å². The number of carbonyl (C=O) groups is 1. The summed E-state index contributed by atoms with van der Waals surface area (Å²) in [5, 5.41) is 0. The van der Waals surface area contributed by atoms with Crippen LogP contribution in [0.3, 0.4) is 0 Å². The number of carbonyl (C=O) groups excluding carboxylic acids is 1. The number of piperidine rings is 1. The Bertz CT molecular complexity index is 898. The van der Waals surface area contributed by atoms with Gasteiger partial charge in [0.1, 0.15) is 5.82 Å². The minimum absolute atomic E-state index is 0.126. The van der Waals surface area contributed by atoms with Gasteiger partial charge in [0.15, 0.2) is 0 Å². The largest absolute Gasteiger partial charge is 0.345 e. The van der Waals surface area contributed by atoms with Crippen LogP contribution in [0.5, 0.6) is 0 Å². The molecule has 4 rings (SSSR count). The SMILES string of the molecule is CN(CCc1ccccc1)C1CCN(C(=O)c2ccc(-c3ncc[nH]3)cc2)CC1. The molecule has 0 bridgehead atoms. The van der Waals surface area contributed by atoms with Crippen LogP contribution in [0.15, 0.2) is 67.0 Å². The molecule has 0 spiro atoms. The zero-order chi connectivity index (χ0) is 20.1. The monoisotopic (exact) mass is 388 g/mol. The van der Waals surface area contributed by atoms with E-state index in [-0.39, 0.29) is 5.91 Å². The summed E-state index contributed by atoms with van der Waals surface area (Å²) in [6, 6.07) is 18.9. The lowest BCUT2D eigenvalue weighted by Gasteiger charge is -2.37. The number of H-pyrrole nitrogens is 1. The molecule has 29 heavy (non-hydrogen) atoms. The number of imidazole rings is 1. The fraction of sp³-hybridized carbons (Fsp3) is 0.333. The molecule has 5 heteroatoms. The normalized spacial score (nSPS) is 15.0. The third-order valence-corrected chi connectivity index (χ3v) is 5.87. The molecule has 3 aromatic rings. The first-order valence-electron chi connectivity index (χ1n) is 10.3. The molecule has 1 amide bonds. The number of nitrogens with zero attached hydrogens (tertiary/aromatic N) is 3. The number of nitrogens with one attached hydrogen (secondary N) is 1. The fourth-order valence-corrected chi connectivity index (χ4v) is 4.02. The van der Waals surface area contributed by atoms with Gasteiger partial charge in [-0.05, 0) is 44.0 Å². The average Bonchev–Trinajstić information content (AvgIpc) is 3.33. The van der Waals surface area contributed by atoms with Crippen molar-refractivity contribution in [2.45, 2.75) is 25.3 Å². The van der Waals surface area contributed by atoms with E-state index in [2.05, 4.69) is 52.2 Å². The van der Waals surface area contributed by atoms with Gasteiger partial charge in [0, 0.05) is 49.2 Å². The first kappa shape index (κ1) is 19.4. The minimum atomic E-state index is 0.126. The molecule has 0 radical (unpaired) electrons. The lowest BCUT2D eigenvalue weighted by molar-refractivity contribution is 0.0647. The summed E-state index contributed by atoms with van der Waals surface area (Å²) in [5.74, 6) is 0.949. The third-order valence-electron chi connectivity index (χ3n) is 5.87. The summed E-state index contributed by atoms with van der Waals surface area (Å²) in [6.07, 6.45) is 6.66. The molecule has 0 unspecified atom stereocenters. The van der Waals surface area contributed by atoms with Crippen LogP contribution in [0.2, 0.25) is 0 Å². The zero-order valence-electron chi connectivity index (χ0n) is 16.9. The molecule has 5 nitrogen and oxygen atoms in total. The third kappa shape index (κ3) is 4.74. The molecule has 2 aromatic carbocycles. The highest BCUT2D eigenvalue weighted by atomic mass is 16.2. The van der Waals surface area contributed by atoms with E-state index < -0.39 is 0 Å². The number of amides is 1. The van der Waals surface area contributed by atoms with Gasteiger partial charge < -0.3 is 14.8 Å². The molecule has 1 aliphatic rings. The number of rotatable bonds is 6. The highest BCUT2D eigenvalue weighted by Crippen LogP contribution is 2.20. The van der Waals surface area contributed by atoms with E-state index in [1.807, 2.05) is 29.2 Å². The van der Waals surface area contributed by atoms with Crippen LogP contribution in [-0.2, 0) is 6.42 Å². The Balaban J connectivity index is 1.28. The molecule has 150 valence electrons. The van der Waals surface area contributed by atoms with Gasteiger partial charge in [-0.1, -0.05) is 42.5 Å². The van der Waals surface area contributed by atoms with Crippen LogP contribution >= 0.6 is 0 Å². The summed E-state index contributed by atoms with van der Waals surface area (Å²) < 4.78 is 0. The molecule has 1 aliphatic heterocycles. The molecule has 1 aromatic heterocycles. The van der Waals surface area contributed by atoms with Crippen LogP contribution in [0, 0.1) is 0 Å². The topological polar surface area (TPSA) is 52.2 Å². The Morgan fingerprint density at radius 3 is 2.48 bits per heavy atom. The van der Waals surface area contributed by atoms with E-state index >= 15 is 0 Å². The Morgan fingerprint density at radius 2 is 1.83 bits per heavy atom. The lowest BCUT2D eigenvalue weighted by Crippen LogP contribution is -2.46. The number of hydrogen-bond donors (Lipinski definition) is 1. The Hall–Kier alpha value is -2.92. The maximum atomic E-state index is 12.9. The van der Waals surface area contributed by atoms with Crippen molar-refractivity contribution in [1.82, 2.24) is 19.8 Å². The molecule has 2 heterocycles. The van der Waals surface area contributed by atoms with Crippen LogP contribution in [0.25, 0.3) is 11.4 Å². The number of likely N-dealkylation sites (N-methyl/N-ethyl adjacent to an activating group) is 1. The summed E-state index contributed by atoms with van der Waals surface area (Å²) in [5.41, 5.74) is 3.12. The maximum absolute atomic E-state index is 12.9. The van der Waals surface area contributed by atoms with Crippen molar-refractivity contribution in [1.29, 1.82) is 0 Å².